The molecule has 1 amide bonds. The number of fused-ring (bicyclic) bond motifs is 2. The molecule has 2 aliphatic heterocycles. The lowest BCUT2D eigenvalue weighted by Gasteiger charge is -2.38. The van der Waals surface area contributed by atoms with Crippen LogP contribution in [0.2, 0.25) is 5.02 Å². The summed E-state index contributed by atoms with van der Waals surface area (Å²) in [6.07, 6.45) is -0.426. The third kappa shape index (κ3) is 6.44. The van der Waals surface area contributed by atoms with E-state index in [0.29, 0.717) is 36.2 Å². The molecule has 2 N–H and O–H groups in total. The first-order chi connectivity index (χ1) is 20.1. The van der Waals surface area contributed by atoms with Crippen LogP contribution >= 0.6 is 11.6 Å². The number of ether oxygens (including phenoxy) is 3. The van der Waals surface area contributed by atoms with E-state index < -0.39 is 22.2 Å². The molecule has 224 valence electrons. The Bertz CT molecular complexity index is 1550. The summed E-state index contributed by atoms with van der Waals surface area (Å²) >= 11 is 5.95. The number of aliphatic hydroxyl groups is 1. The Kier molecular flexibility index (Phi) is 8.84. The Morgan fingerprint density at radius 3 is 2.60 bits per heavy atom. The zero-order valence-electron chi connectivity index (χ0n) is 23.6. The second-order valence-corrected chi connectivity index (χ2v) is 12.9. The fourth-order valence-electron chi connectivity index (χ4n) is 5.08. The molecular formula is C30H34ClN3O7S. The summed E-state index contributed by atoms with van der Waals surface area (Å²) in [5.41, 5.74) is 1.38. The summed E-state index contributed by atoms with van der Waals surface area (Å²) in [7, 11) is -2.06. The number of hydrogen-bond acceptors (Lipinski definition) is 8. The number of nitrogens with zero attached hydrogens (tertiary/aromatic N) is 2. The molecule has 5 rings (SSSR count). The molecule has 0 unspecified atom stereocenters. The number of hydrogen-bond donors (Lipinski definition) is 2. The predicted molar refractivity (Wildman–Crippen MR) is 159 cm³/mol. The summed E-state index contributed by atoms with van der Waals surface area (Å²) < 4.78 is 46.7. The predicted octanol–water partition coefficient (Wildman–Crippen LogP) is 4.22. The van der Waals surface area contributed by atoms with Crippen molar-refractivity contribution in [2.75, 3.05) is 38.3 Å². The van der Waals surface area contributed by atoms with Gasteiger partial charge in [-0.05, 0) is 68.1 Å². The van der Waals surface area contributed by atoms with Crippen molar-refractivity contribution < 1.29 is 32.5 Å². The van der Waals surface area contributed by atoms with Crippen LogP contribution in [0.3, 0.4) is 0 Å². The van der Waals surface area contributed by atoms with E-state index in [1.165, 1.54) is 24.3 Å². The van der Waals surface area contributed by atoms with Gasteiger partial charge >= 0.3 is 0 Å². The number of aliphatic hydroxyl groups excluding tert-OH is 1. The van der Waals surface area contributed by atoms with E-state index in [1.807, 2.05) is 32.2 Å². The molecule has 2 aliphatic rings. The van der Waals surface area contributed by atoms with Crippen molar-refractivity contribution in [1.82, 2.24) is 9.80 Å². The average molecular weight is 616 g/mol. The van der Waals surface area contributed by atoms with Crippen LogP contribution in [0.25, 0.3) is 0 Å². The molecular weight excluding hydrogens is 582 g/mol. The summed E-state index contributed by atoms with van der Waals surface area (Å²) in [4.78, 5) is 17.5. The molecule has 42 heavy (non-hydrogen) atoms. The molecule has 12 heteroatoms. The van der Waals surface area contributed by atoms with E-state index in [0.717, 1.165) is 5.56 Å². The van der Waals surface area contributed by atoms with E-state index in [1.54, 1.807) is 30.0 Å². The van der Waals surface area contributed by atoms with Crippen molar-refractivity contribution in [3.05, 3.63) is 76.8 Å². The SMILES string of the molecule is C[C@H](CO)N1C[C@H](C)[C@H](CN(C)Cc2ccc3c(c2)OCO3)Oc2c(NS(=O)(=O)c3ccc(Cl)cc3)cccc2C1=O. The average Bonchev–Trinajstić information content (AvgIpc) is 3.43. The topological polar surface area (TPSA) is 118 Å². The van der Waals surface area contributed by atoms with Crippen LogP contribution in [-0.4, -0.2) is 74.9 Å². The molecule has 0 aromatic heterocycles. The molecule has 0 radical (unpaired) electrons. The van der Waals surface area contributed by atoms with E-state index in [2.05, 4.69) is 9.62 Å². The molecule has 3 aromatic carbocycles. The summed E-state index contributed by atoms with van der Waals surface area (Å²) in [5.74, 6) is 1.05. The van der Waals surface area contributed by atoms with Crippen LogP contribution in [0.1, 0.15) is 29.8 Å². The van der Waals surface area contributed by atoms with Gasteiger partial charge in [0.2, 0.25) is 6.79 Å². The van der Waals surface area contributed by atoms with Gasteiger partial charge in [-0.15, -0.1) is 0 Å². The Morgan fingerprint density at radius 1 is 1.12 bits per heavy atom. The van der Waals surface area contributed by atoms with Crippen LogP contribution in [0.5, 0.6) is 17.2 Å². The Hall–Kier alpha value is -3.51. The smallest absolute Gasteiger partial charge is 0.262 e. The molecule has 2 heterocycles. The maximum absolute atomic E-state index is 13.7. The molecule has 3 aromatic rings. The second kappa shape index (κ2) is 12.4. The number of rotatable bonds is 9. The highest BCUT2D eigenvalue weighted by molar-refractivity contribution is 7.92. The molecule has 0 aliphatic carbocycles. The van der Waals surface area contributed by atoms with Crippen molar-refractivity contribution in [2.45, 2.75) is 37.4 Å². The summed E-state index contributed by atoms with van der Waals surface area (Å²) in [5, 5.41) is 10.4. The number of carbonyl (C=O) groups excluding carboxylic acids is 1. The summed E-state index contributed by atoms with van der Waals surface area (Å²) in [6, 6.07) is 15.9. The fraction of sp³-hybridized carbons (Fsp3) is 0.367. The minimum Gasteiger partial charge on any atom is -0.486 e. The van der Waals surface area contributed by atoms with Crippen LogP contribution < -0.4 is 18.9 Å². The highest BCUT2D eigenvalue weighted by Crippen LogP contribution is 2.37. The van der Waals surface area contributed by atoms with Gasteiger partial charge in [-0.3, -0.25) is 14.4 Å². The quantitative estimate of drug-likeness (QED) is 0.367. The van der Waals surface area contributed by atoms with Gasteiger partial charge in [-0.1, -0.05) is 30.7 Å². The summed E-state index contributed by atoms with van der Waals surface area (Å²) in [6.45, 7) is 5.16. The number of anilines is 1. The van der Waals surface area contributed by atoms with E-state index in [9.17, 15) is 18.3 Å². The first kappa shape index (κ1) is 30.0. The van der Waals surface area contributed by atoms with Gasteiger partial charge in [-0.2, -0.15) is 0 Å². The van der Waals surface area contributed by atoms with Crippen molar-refractivity contribution in [3.63, 3.8) is 0 Å². The molecule has 3 atom stereocenters. The van der Waals surface area contributed by atoms with Crippen molar-refractivity contribution in [1.29, 1.82) is 0 Å². The maximum atomic E-state index is 13.7. The Labute approximate surface area is 250 Å². The van der Waals surface area contributed by atoms with Gasteiger partial charge in [0.1, 0.15) is 6.10 Å². The number of amides is 1. The van der Waals surface area contributed by atoms with Crippen LogP contribution in [0.15, 0.2) is 65.6 Å². The highest BCUT2D eigenvalue weighted by atomic mass is 35.5. The minimum atomic E-state index is -4.02. The number of benzene rings is 3. The van der Waals surface area contributed by atoms with Gasteiger partial charge in [0, 0.05) is 30.6 Å². The molecule has 10 nitrogen and oxygen atoms in total. The van der Waals surface area contributed by atoms with Crippen LogP contribution in [-0.2, 0) is 16.6 Å². The normalized spacial score (nSPS) is 19.1. The first-order valence-electron chi connectivity index (χ1n) is 13.6. The van der Waals surface area contributed by atoms with Gasteiger partial charge in [0.05, 0.1) is 28.8 Å². The largest absolute Gasteiger partial charge is 0.486 e. The van der Waals surface area contributed by atoms with Crippen LogP contribution in [0, 0.1) is 5.92 Å². The van der Waals surface area contributed by atoms with Gasteiger partial charge in [0.15, 0.2) is 17.2 Å². The van der Waals surface area contributed by atoms with Crippen molar-refractivity contribution in [2.24, 2.45) is 5.92 Å². The first-order valence-corrected chi connectivity index (χ1v) is 15.5. The van der Waals surface area contributed by atoms with Crippen LogP contribution in [0.4, 0.5) is 5.69 Å². The standard InChI is InChI=1S/C30H34ClN3O7S/c1-19-14-34(20(2)17-35)30(36)24-5-4-6-25(32-42(37,38)23-10-8-22(31)9-11-23)29(24)41-28(19)16-33(3)15-21-7-12-26-27(13-21)40-18-39-26/h4-13,19-20,28,32,35H,14-18H2,1-3H3/t19-,20+,28-/m0/s1. The van der Waals surface area contributed by atoms with Gasteiger partial charge in [-0.25, -0.2) is 8.42 Å². The fourth-order valence-corrected chi connectivity index (χ4v) is 6.27. The van der Waals surface area contributed by atoms with Crippen molar-refractivity contribution >= 4 is 33.2 Å². The van der Waals surface area contributed by atoms with E-state index in [4.69, 9.17) is 25.8 Å². The number of carbonyl (C=O) groups is 1. The van der Waals surface area contributed by atoms with Crippen molar-refractivity contribution in [3.8, 4) is 17.2 Å². The zero-order valence-corrected chi connectivity index (χ0v) is 25.2. The Balaban J connectivity index is 1.46. The molecule has 0 saturated carbocycles. The molecule has 0 saturated heterocycles. The van der Waals surface area contributed by atoms with Gasteiger partial charge < -0.3 is 24.2 Å². The number of likely N-dealkylation sites (N-methyl/N-ethyl adjacent to an activating group) is 1. The number of sulfonamides is 1. The Morgan fingerprint density at radius 2 is 1.86 bits per heavy atom. The third-order valence-corrected chi connectivity index (χ3v) is 9.07. The van der Waals surface area contributed by atoms with E-state index in [-0.39, 0.29) is 47.1 Å². The third-order valence-electron chi connectivity index (χ3n) is 7.44. The maximum Gasteiger partial charge on any atom is 0.262 e. The lowest BCUT2D eigenvalue weighted by Crippen LogP contribution is -2.49. The zero-order chi connectivity index (χ0) is 30.0. The minimum absolute atomic E-state index is 0.0191. The molecule has 0 bridgehead atoms. The monoisotopic (exact) mass is 615 g/mol. The molecule has 0 spiro atoms. The highest BCUT2D eigenvalue weighted by Gasteiger charge is 2.35. The second-order valence-electron chi connectivity index (χ2n) is 10.7. The van der Waals surface area contributed by atoms with Gasteiger partial charge in [0.25, 0.3) is 15.9 Å². The lowest BCUT2D eigenvalue weighted by molar-refractivity contribution is 0.0344. The molecule has 0 fully saturated rings. The number of para-hydroxylation sites is 1. The van der Waals surface area contributed by atoms with E-state index >= 15 is 0 Å². The number of nitrogens with one attached hydrogen (secondary N) is 1. The number of halogens is 1. The lowest BCUT2D eigenvalue weighted by atomic mass is 9.99.